The van der Waals surface area contributed by atoms with Gasteiger partial charge in [-0.25, -0.2) is 0 Å². The van der Waals surface area contributed by atoms with Crippen molar-refractivity contribution in [1.82, 2.24) is 0 Å². The lowest BCUT2D eigenvalue weighted by molar-refractivity contribution is -0.135. The van der Waals surface area contributed by atoms with Crippen molar-refractivity contribution in [3.05, 3.63) is 24.3 Å². The zero-order valence-corrected chi connectivity index (χ0v) is 12.0. The maximum absolute atomic E-state index is 11.1. The fourth-order valence-corrected chi connectivity index (χ4v) is 2.51. The molecule has 19 heavy (non-hydrogen) atoms. The number of carbonyl (C=O) groups is 1. The fraction of sp³-hybridized carbons (Fsp3) is 0.429. The van der Waals surface area contributed by atoms with Crippen LogP contribution in [0.3, 0.4) is 0 Å². The minimum absolute atomic E-state index is 0.143. The van der Waals surface area contributed by atoms with Gasteiger partial charge in [-0.1, -0.05) is 38.2 Å². The Morgan fingerprint density at radius 1 is 1.47 bits per heavy atom. The number of aliphatic carboxylic acids is 1. The van der Waals surface area contributed by atoms with Crippen molar-refractivity contribution < 1.29 is 14.6 Å². The van der Waals surface area contributed by atoms with E-state index in [1.807, 2.05) is 45.0 Å². The Kier molecular flexibility index (Phi) is 3.49. The van der Waals surface area contributed by atoms with E-state index < -0.39 is 11.6 Å². The highest BCUT2D eigenvalue weighted by Crippen LogP contribution is 2.40. The zero-order valence-electron chi connectivity index (χ0n) is 11.2. The van der Waals surface area contributed by atoms with Crippen LogP contribution < -0.4 is 9.64 Å². The van der Waals surface area contributed by atoms with Gasteiger partial charge in [0.15, 0.2) is 5.60 Å². The molecule has 1 aromatic rings. The second-order valence-electron chi connectivity index (χ2n) is 5.12. The Bertz CT molecular complexity index is 529. The highest BCUT2D eigenvalue weighted by Gasteiger charge is 2.44. The lowest BCUT2D eigenvalue weighted by Gasteiger charge is -2.44. The largest absolute Gasteiger partial charge is 0.480 e. The van der Waals surface area contributed by atoms with E-state index in [0.717, 1.165) is 0 Å². The quantitative estimate of drug-likeness (QED) is 0.862. The number of thiocarbonyl (C=S) groups is 1. The molecule has 1 aromatic carbocycles. The number of ether oxygens (including phenoxy) is 1. The summed E-state index contributed by atoms with van der Waals surface area (Å²) in [7, 11) is 0. The van der Waals surface area contributed by atoms with Gasteiger partial charge in [0.25, 0.3) is 0 Å². The van der Waals surface area contributed by atoms with E-state index in [9.17, 15) is 4.79 Å². The molecule has 1 aliphatic rings. The van der Waals surface area contributed by atoms with Crippen LogP contribution in [0.2, 0.25) is 0 Å². The molecule has 102 valence electrons. The average Bonchev–Trinajstić information content (AvgIpc) is 2.34. The summed E-state index contributed by atoms with van der Waals surface area (Å²) >= 11 is 5.47. The predicted octanol–water partition coefficient (Wildman–Crippen LogP) is 2.71. The molecular formula is C14H17NO3S. The van der Waals surface area contributed by atoms with Gasteiger partial charge in [-0.2, -0.15) is 0 Å². The minimum atomic E-state index is -0.912. The van der Waals surface area contributed by atoms with Gasteiger partial charge in [-0.3, -0.25) is 4.79 Å². The monoisotopic (exact) mass is 279 g/mol. The van der Waals surface area contributed by atoms with Crippen LogP contribution in [0.4, 0.5) is 5.69 Å². The van der Waals surface area contributed by atoms with E-state index >= 15 is 0 Å². The molecular weight excluding hydrogens is 262 g/mol. The van der Waals surface area contributed by atoms with Crippen molar-refractivity contribution >= 4 is 28.9 Å². The number of para-hydroxylation sites is 2. The molecule has 0 bridgehead atoms. The molecule has 0 aliphatic carbocycles. The van der Waals surface area contributed by atoms with Crippen LogP contribution in [0.1, 0.15) is 20.8 Å². The molecule has 1 unspecified atom stereocenters. The van der Waals surface area contributed by atoms with Crippen molar-refractivity contribution in [3.63, 3.8) is 0 Å². The molecule has 0 spiro atoms. The minimum Gasteiger partial charge on any atom is -0.480 e. The highest BCUT2D eigenvalue weighted by atomic mass is 32.1. The highest BCUT2D eigenvalue weighted by molar-refractivity contribution is 7.80. The first-order valence-corrected chi connectivity index (χ1v) is 6.59. The molecule has 4 nitrogen and oxygen atoms in total. The van der Waals surface area contributed by atoms with Gasteiger partial charge >= 0.3 is 5.97 Å². The number of nitrogens with zero attached hydrogens (tertiary/aromatic N) is 1. The summed E-state index contributed by atoms with van der Waals surface area (Å²) < 4.78 is 6.03. The van der Waals surface area contributed by atoms with Crippen LogP contribution in [-0.2, 0) is 4.79 Å². The molecule has 0 amide bonds. The number of hydrogen-bond acceptors (Lipinski definition) is 3. The third-order valence-corrected chi connectivity index (χ3v) is 4.17. The van der Waals surface area contributed by atoms with Crippen LogP contribution >= 0.6 is 12.2 Å². The Hall–Kier alpha value is -1.62. The fourth-order valence-electron chi connectivity index (χ4n) is 2.07. The maximum Gasteiger partial charge on any atom is 0.323 e. The van der Waals surface area contributed by atoms with Gasteiger partial charge in [-0.05, 0) is 25.0 Å². The second kappa shape index (κ2) is 4.81. The van der Waals surface area contributed by atoms with Crippen molar-refractivity contribution in [3.8, 4) is 5.75 Å². The summed E-state index contributed by atoms with van der Waals surface area (Å²) in [5.41, 5.74) is 0.0482. The van der Waals surface area contributed by atoms with Gasteiger partial charge in [0.2, 0.25) is 0 Å². The summed E-state index contributed by atoms with van der Waals surface area (Å²) in [5.74, 6) is -0.0941. The zero-order chi connectivity index (χ0) is 14.2. The van der Waals surface area contributed by atoms with Crippen LogP contribution in [0.5, 0.6) is 5.75 Å². The van der Waals surface area contributed by atoms with Gasteiger partial charge in [0, 0.05) is 0 Å². The Morgan fingerprint density at radius 3 is 2.68 bits per heavy atom. The standard InChI is InChI=1S/C14H17NO3S/c1-9(2)14(3)13(19)15(8-12(16)17)10-6-4-5-7-11(10)18-14/h4-7,9H,8H2,1-3H3,(H,16,17). The number of anilines is 1. The topological polar surface area (TPSA) is 49.8 Å². The summed E-state index contributed by atoms with van der Waals surface area (Å²) in [4.78, 5) is 13.2. The Labute approximate surface area is 118 Å². The molecule has 0 fully saturated rings. The number of carboxylic acids is 1. The normalized spacial score (nSPS) is 22.1. The van der Waals surface area contributed by atoms with Gasteiger partial charge < -0.3 is 14.7 Å². The third-order valence-electron chi connectivity index (χ3n) is 3.54. The summed E-state index contributed by atoms with van der Waals surface area (Å²) in [5, 5.41) is 9.08. The number of benzene rings is 1. The average molecular weight is 279 g/mol. The van der Waals surface area contributed by atoms with Crippen molar-refractivity contribution in [2.24, 2.45) is 5.92 Å². The van der Waals surface area contributed by atoms with Crippen molar-refractivity contribution in [2.75, 3.05) is 11.4 Å². The van der Waals surface area contributed by atoms with Gasteiger partial charge in [0.1, 0.15) is 17.3 Å². The number of hydrogen-bond donors (Lipinski definition) is 1. The molecule has 1 atom stereocenters. The summed E-state index contributed by atoms with van der Waals surface area (Å²) in [6.07, 6.45) is 0. The van der Waals surface area contributed by atoms with Crippen LogP contribution in [-0.4, -0.2) is 28.2 Å². The molecule has 0 saturated heterocycles. The molecule has 1 aliphatic heterocycles. The van der Waals surface area contributed by atoms with Crippen LogP contribution in [0.25, 0.3) is 0 Å². The smallest absolute Gasteiger partial charge is 0.323 e. The number of fused-ring (bicyclic) bond motifs is 1. The predicted molar refractivity (Wildman–Crippen MR) is 77.9 cm³/mol. The first-order valence-electron chi connectivity index (χ1n) is 6.18. The molecule has 0 aromatic heterocycles. The van der Waals surface area contributed by atoms with E-state index in [0.29, 0.717) is 16.4 Å². The van der Waals surface area contributed by atoms with Gasteiger partial charge in [0.05, 0.1) is 5.69 Å². The summed E-state index contributed by atoms with van der Waals surface area (Å²) in [6.45, 7) is 5.78. The van der Waals surface area contributed by atoms with E-state index in [1.165, 1.54) is 0 Å². The molecule has 2 rings (SSSR count). The maximum atomic E-state index is 11.1. The molecule has 1 heterocycles. The van der Waals surface area contributed by atoms with Crippen LogP contribution in [0, 0.1) is 5.92 Å². The van der Waals surface area contributed by atoms with Crippen molar-refractivity contribution in [2.45, 2.75) is 26.4 Å². The number of carboxylic acid groups (broad SMARTS) is 1. The van der Waals surface area contributed by atoms with E-state index in [-0.39, 0.29) is 12.5 Å². The second-order valence-corrected chi connectivity index (χ2v) is 5.50. The molecule has 5 heteroatoms. The Balaban J connectivity index is 2.52. The Morgan fingerprint density at radius 2 is 2.11 bits per heavy atom. The lowest BCUT2D eigenvalue weighted by Crippen LogP contribution is -2.57. The molecule has 1 N–H and O–H groups in total. The first kappa shape index (κ1) is 13.8. The lowest BCUT2D eigenvalue weighted by atomic mass is 9.89. The molecule has 0 saturated carbocycles. The van der Waals surface area contributed by atoms with Crippen LogP contribution in [0.15, 0.2) is 24.3 Å². The van der Waals surface area contributed by atoms with E-state index in [4.69, 9.17) is 22.1 Å². The van der Waals surface area contributed by atoms with E-state index in [2.05, 4.69) is 0 Å². The first-order chi connectivity index (χ1) is 8.86. The van der Waals surface area contributed by atoms with Gasteiger partial charge in [-0.15, -0.1) is 0 Å². The van der Waals surface area contributed by atoms with Crippen molar-refractivity contribution in [1.29, 1.82) is 0 Å². The number of rotatable bonds is 3. The third kappa shape index (κ3) is 2.30. The SMILES string of the molecule is CC(C)C1(C)Oc2ccccc2N(CC(=O)O)C1=S. The van der Waals surface area contributed by atoms with E-state index in [1.54, 1.807) is 4.90 Å². The molecule has 0 radical (unpaired) electrons. The summed E-state index contributed by atoms with van der Waals surface area (Å²) in [6, 6.07) is 7.38.